The average molecular weight is 272 g/mol. The molecule has 0 saturated heterocycles. The lowest BCUT2D eigenvalue weighted by atomic mass is 10.1. The van der Waals surface area contributed by atoms with Crippen LogP contribution in [0.1, 0.15) is 44.2 Å². The molecule has 0 aliphatic rings. The molecule has 0 bridgehead atoms. The molecule has 0 aliphatic heterocycles. The molecule has 1 aromatic heterocycles. The highest BCUT2D eigenvalue weighted by atomic mass is 16.2. The third kappa shape index (κ3) is 2.59. The van der Waals surface area contributed by atoms with Crippen molar-refractivity contribution in [3.8, 4) is 0 Å². The topological polar surface area (TPSA) is 51.1 Å². The Labute approximate surface area is 118 Å². The molecule has 2 rings (SSSR count). The Bertz CT molecular complexity index is 699. The maximum absolute atomic E-state index is 12.6. The summed E-state index contributed by atoms with van der Waals surface area (Å²) < 4.78 is 1.56. The van der Waals surface area contributed by atoms with Gasteiger partial charge in [-0.1, -0.05) is 18.2 Å². The van der Waals surface area contributed by atoms with E-state index in [1.165, 1.54) is 0 Å². The Kier molecular flexibility index (Phi) is 3.93. The van der Waals surface area contributed by atoms with Gasteiger partial charge in [-0.05, 0) is 45.2 Å². The van der Waals surface area contributed by atoms with Gasteiger partial charge in [0.15, 0.2) is 0 Å². The molecule has 1 heterocycles. The molecule has 4 nitrogen and oxygen atoms in total. The van der Waals surface area contributed by atoms with E-state index in [1.54, 1.807) is 16.7 Å². The highest BCUT2D eigenvalue weighted by Crippen LogP contribution is 2.15. The minimum absolute atomic E-state index is 0.0321. The first-order chi connectivity index (χ1) is 9.41. The van der Waals surface area contributed by atoms with Crippen LogP contribution in [-0.4, -0.2) is 16.5 Å². The molecule has 0 spiro atoms. The van der Waals surface area contributed by atoms with Crippen LogP contribution in [0.5, 0.6) is 0 Å². The van der Waals surface area contributed by atoms with Crippen molar-refractivity contribution in [2.24, 2.45) is 0 Å². The molecule has 0 saturated carbocycles. The number of pyridine rings is 1. The lowest BCUT2D eigenvalue weighted by molar-refractivity contribution is 0.0931. The lowest BCUT2D eigenvalue weighted by Crippen LogP contribution is -2.36. The molecule has 20 heavy (non-hydrogen) atoms. The summed E-state index contributed by atoms with van der Waals surface area (Å²) in [5.74, 6) is -0.212. The Morgan fingerprint density at radius 3 is 2.40 bits per heavy atom. The minimum Gasteiger partial charge on any atom is -0.349 e. The normalized spacial score (nSPS) is 11.3. The molecule has 4 heteroatoms. The second-order valence-electron chi connectivity index (χ2n) is 5.51. The van der Waals surface area contributed by atoms with Gasteiger partial charge in [0.25, 0.3) is 11.5 Å². The number of benzene rings is 1. The molecule has 0 fully saturated rings. The number of fused-ring (bicyclic) bond motifs is 1. The molecule has 0 aliphatic carbocycles. The van der Waals surface area contributed by atoms with E-state index in [0.717, 1.165) is 5.39 Å². The fourth-order valence-corrected chi connectivity index (χ4v) is 2.30. The van der Waals surface area contributed by atoms with Crippen molar-refractivity contribution in [2.75, 3.05) is 0 Å². The fraction of sp³-hybridized carbons (Fsp3) is 0.375. The number of nitrogens with one attached hydrogen (secondary N) is 1. The van der Waals surface area contributed by atoms with Crippen molar-refractivity contribution < 1.29 is 4.79 Å². The second kappa shape index (κ2) is 5.49. The van der Waals surface area contributed by atoms with Crippen molar-refractivity contribution in [1.82, 2.24) is 9.88 Å². The van der Waals surface area contributed by atoms with Crippen molar-refractivity contribution in [3.05, 3.63) is 46.4 Å². The van der Waals surface area contributed by atoms with Gasteiger partial charge in [0.1, 0.15) is 5.69 Å². The first kappa shape index (κ1) is 14.3. The van der Waals surface area contributed by atoms with E-state index in [1.807, 2.05) is 45.9 Å². The SMILES string of the molecule is CC(C)NC(=O)c1cc2ccccc2c(=O)n1C(C)C. The average Bonchev–Trinajstić information content (AvgIpc) is 2.37. The summed E-state index contributed by atoms with van der Waals surface area (Å²) in [6.07, 6.45) is 0. The van der Waals surface area contributed by atoms with Crippen LogP contribution in [-0.2, 0) is 0 Å². The van der Waals surface area contributed by atoms with Gasteiger partial charge in [-0.2, -0.15) is 0 Å². The van der Waals surface area contributed by atoms with Crippen LogP contribution in [0.15, 0.2) is 35.1 Å². The summed E-state index contributed by atoms with van der Waals surface area (Å²) in [7, 11) is 0. The van der Waals surface area contributed by atoms with Crippen LogP contribution in [0, 0.1) is 0 Å². The fourth-order valence-electron chi connectivity index (χ4n) is 2.30. The van der Waals surface area contributed by atoms with Gasteiger partial charge in [0.05, 0.1) is 0 Å². The maximum atomic E-state index is 12.6. The number of hydrogen-bond acceptors (Lipinski definition) is 2. The Morgan fingerprint density at radius 1 is 1.15 bits per heavy atom. The quantitative estimate of drug-likeness (QED) is 0.934. The number of nitrogens with zero attached hydrogens (tertiary/aromatic N) is 1. The predicted molar refractivity (Wildman–Crippen MR) is 81.2 cm³/mol. The Morgan fingerprint density at radius 2 is 1.80 bits per heavy atom. The summed E-state index contributed by atoms with van der Waals surface area (Å²) in [6.45, 7) is 7.61. The van der Waals surface area contributed by atoms with Crippen LogP contribution in [0.4, 0.5) is 0 Å². The van der Waals surface area contributed by atoms with Crippen LogP contribution in [0.25, 0.3) is 10.8 Å². The number of carbonyl (C=O) groups excluding carboxylic acids is 1. The largest absolute Gasteiger partial charge is 0.349 e. The predicted octanol–water partition coefficient (Wildman–Crippen LogP) is 2.72. The summed E-state index contributed by atoms with van der Waals surface area (Å²) in [6, 6.07) is 9.10. The van der Waals surface area contributed by atoms with Crippen LogP contribution < -0.4 is 10.9 Å². The number of amides is 1. The first-order valence-electron chi connectivity index (χ1n) is 6.87. The summed E-state index contributed by atoms with van der Waals surface area (Å²) in [5.41, 5.74) is 0.296. The maximum Gasteiger partial charge on any atom is 0.268 e. The zero-order valence-electron chi connectivity index (χ0n) is 12.3. The molecular weight excluding hydrogens is 252 g/mol. The Hall–Kier alpha value is -2.10. The van der Waals surface area contributed by atoms with Crippen molar-refractivity contribution in [1.29, 1.82) is 0 Å². The smallest absolute Gasteiger partial charge is 0.268 e. The van der Waals surface area contributed by atoms with Gasteiger partial charge in [0.2, 0.25) is 0 Å². The van der Waals surface area contributed by atoms with Crippen LogP contribution in [0.3, 0.4) is 0 Å². The van der Waals surface area contributed by atoms with Gasteiger partial charge in [0, 0.05) is 17.5 Å². The molecule has 0 radical (unpaired) electrons. The van der Waals surface area contributed by atoms with Crippen molar-refractivity contribution in [2.45, 2.75) is 39.8 Å². The van der Waals surface area contributed by atoms with Gasteiger partial charge in [-0.15, -0.1) is 0 Å². The van der Waals surface area contributed by atoms with Gasteiger partial charge >= 0.3 is 0 Å². The summed E-state index contributed by atoms with van der Waals surface area (Å²) in [4.78, 5) is 24.9. The summed E-state index contributed by atoms with van der Waals surface area (Å²) >= 11 is 0. The number of rotatable bonds is 3. The van der Waals surface area contributed by atoms with Crippen molar-refractivity contribution in [3.63, 3.8) is 0 Å². The van der Waals surface area contributed by atoms with E-state index in [9.17, 15) is 9.59 Å². The molecule has 1 amide bonds. The van der Waals surface area contributed by atoms with E-state index in [4.69, 9.17) is 0 Å². The van der Waals surface area contributed by atoms with Crippen molar-refractivity contribution >= 4 is 16.7 Å². The van der Waals surface area contributed by atoms with Crippen LogP contribution >= 0.6 is 0 Å². The Balaban J connectivity index is 2.72. The molecular formula is C16H20N2O2. The van der Waals surface area contributed by atoms with Gasteiger partial charge in [-0.25, -0.2) is 0 Å². The lowest BCUT2D eigenvalue weighted by Gasteiger charge is -2.18. The third-order valence-electron chi connectivity index (χ3n) is 3.13. The highest BCUT2D eigenvalue weighted by Gasteiger charge is 2.17. The third-order valence-corrected chi connectivity index (χ3v) is 3.13. The number of carbonyl (C=O) groups is 1. The molecule has 0 unspecified atom stereocenters. The molecule has 106 valence electrons. The molecule has 1 N–H and O–H groups in total. The second-order valence-corrected chi connectivity index (χ2v) is 5.51. The standard InChI is InChI=1S/C16H20N2O2/c1-10(2)17-15(19)14-9-12-7-5-6-8-13(12)16(20)18(14)11(3)4/h5-11H,1-4H3,(H,17,19). The first-order valence-corrected chi connectivity index (χ1v) is 6.87. The minimum atomic E-state index is -0.212. The molecule has 1 aromatic carbocycles. The molecule has 0 atom stereocenters. The zero-order valence-corrected chi connectivity index (χ0v) is 12.3. The zero-order chi connectivity index (χ0) is 14.9. The van der Waals surface area contributed by atoms with Gasteiger partial charge in [-0.3, -0.25) is 9.59 Å². The highest BCUT2D eigenvalue weighted by molar-refractivity contribution is 5.96. The number of aromatic nitrogens is 1. The van der Waals surface area contributed by atoms with E-state index in [0.29, 0.717) is 11.1 Å². The van der Waals surface area contributed by atoms with Gasteiger partial charge < -0.3 is 9.88 Å². The van der Waals surface area contributed by atoms with E-state index in [2.05, 4.69) is 5.32 Å². The monoisotopic (exact) mass is 272 g/mol. The summed E-state index contributed by atoms with van der Waals surface area (Å²) in [5, 5.41) is 4.28. The van der Waals surface area contributed by atoms with E-state index < -0.39 is 0 Å². The van der Waals surface area contributed by atoms with E-state index in [-0.39, 0.29) is 23.6 Å². The van der Waals surface area contributed by atoms with E-state index >= 15 is 0 Å². The number of hydrogen-bond donors (Lipinski definition) is 1. The molecule has 2 aromatic rings. The van der Waals surface area contributed by atoms with Crippen LogP contribution in [0.2, 0.25) is 0 Å².